The lowest BCUT2D eigenvalue weighted by Gasteiger charge is -2.48. The van der Waals surface area contributed by atoms with Crippen LogP contribution in [0.5, 0.6) is 11.5 Å². The molecule has 52 heavy (non-hydrogen) atoms. The van der Waals surface area contributed by atoms with Crippen LogP contribution in [0.3, 0.4) is 0 Å². The third kappa shape index (κ3) is 5.67. The number of anilines is 2. The van der Waals surface area contributed by atoms with Gasteiger partial charge in [-0.1, -0.05) is 79.7 Å². The van der Waals surface area contributed by atoms with E-state index in [1.165, 1.54) is 33.6 Å². The van der Waals surface area contributed by atoms with E-state index in [0.29, 0.717) is 22.3 Å². The van der Waals surface area contributed by atoms with Gasteiger partial charge in [0.15, 0.2) is 0 Å². The highest BCUT2D eigenvalue weighted by Gasteiger charge is 2.44. The number of hydrogen-bond donors (Lipinski definition) is 0. The molecule has 6 nitrogen and oxygen atoms in total. The Kier molecular flexibility index (Phi) is 8.57. The Hall–Kier alpha value is -4.68. The molecule has 0 amide bonds. The molecule has 0 aliphatic carbocycles. The summed E-state index contributed by atoms with van der Waals surface area (Å²) in [7, 11) is 3.53. The maximum absolute atomic E-state index is 10.4. The molecule has 0 aromatic heterocycles. The van der Waals surface area contributed by atoms with Crippen molar-refractivity contribution in [3.63, 3.8) is 0 Å². The monoisotopic (exact) mass is 694 g/mol. The zero-order chi connectivity index (χ0) is 37.4. The molecular weight excluding hydrogens is 641 g/mol. The average Bonchev–Trinajstić information content (AvgIpc) is 3.10. The topological polar surface area (TPSA) is 72.5 Å². The van der Waals surface area contributed by atoms with Crippen LogP contribution in [0.2, 0.25) is 0 Å². The minimum absolute atomic E-state index is 0.0337. The van der Waals surface area contributed by atoms with Crippen molar-refractivity contribution in [3.8, 4) is 23.6 Å². The molecule has 0 radical (unpaired) electrons. The van der Waals surface area contributed by atoms with E-state index in [1.54, 1.807) is 14.2 Å². The molecule has 270 valence electrons. The molecule has 0 fully saturated rings. The van der Waals surface area contributed by atoms with Crippen molar-refractivity contribution < 1.29 is 9.47 Å². The first kappa shape index (κ1) is 35.7. The van der Waals surface area contributed by atoms with Gasteiger partial charge in [0, 0.05) is 59.8 Å². The predicted molar refractivity (Wildman–Crippen MR) is 215 cm³/mol. The second-order valence-electron chi connectivity index (χ2n) is 18.0. The first-order valence-electron chi connectivity index (χ1n) is 18.9. The molecule has 0 bridgehead atoms. The van der Waals surface area contributed by atoms with Gasteiger partial charge >= 0.3 is 0 Å². The summed E-state index contributed by atoms with van der Waals surface area (Å²) >= 11 is 0. The molecule has 3 aromatic carbocycles. The molecule has 0 saturated carbocycles. The summed E-state index contributed by atoms with van der Waals surface area (Å²) < 4.78 is 12.4. The van der Waals surface area contributed by atoms with Gasteiger partial charge < -0.3 is 19.3 Å². The number of nitrogens with zero attached hydrogens (tertiary/aromatic N) is 4. The van der Waals surface area contributed by atoms with E-state index in [0.717, 1.165) is 74.5 Å². The smallest absolute Gasteiger partial charge is 0.131 e. The third-order valence-corrected chi connectivity index (χ3v) is 12.8. The molecule has 0 saturated heterocycles. The minimum atomic E-state index is -0.0354. The van der Waals surface area contributed by atoms with Crippen LogP contribution in [-0.2, 0) is 21.7 Å². The van der Waals surface area contributed by atoms with Gasteiger partial charge in [0.05, 0.1) is 37.5 Å². The van der Waals surface area contributed by atoms with Gasteiger partial charge in [0.2, 0.25) is 0 Å². The Morgan fingerprint density at radius 3 is 1.17 bits per heavy atom. The van der Waals surface area contributed by atoms with Gasteiger partial charge in [-0.15, -0.1) is 0 Å². The van der Waals surface area contributed by atoms with Crippen LogP contribution >= 0.6 is 0 Å². The van der Waals surface area contributed by atoms with E-state index in [-0.39, 0.29) is 21.7 Å². The zero-order valence-corrected chi connectivity index (χ0v) is 32.9. The molecule has 4 aliphatic rings. The summed E-state index contributed by atoms with van der Waals surface area (Å²) in [4.78, 5) is 5.09. The van der Waals surface area contributed by atoms with E-state index >= 15 is 0 Å². The van der Waals surface area contributed by atoms with Crippen LogP contribution in [0, 0.1) is 22.7 Å². The number of nitriles is 2. The Balaban J connectivity index is 1.31. The van der Waals surface area contributed by atoms with Crippen LogP contribution in [0.1, 0.15) is 137 Å². The standard InChI is InChI=1S/C46H54N4O2/c1-43(2)15-19-49-21-17-45(5,6)37-39(49)35(43)25-31(41(37)51-9)13-11-29-23-34(28-48)30(24-33(29)27-47)12-14-32-26-36-40-38(42(32)52-10)46(7,8)18-22-50(40)20-16-44(36,3)4/h11-14,23-26H,15-22H2,1-10H3/b13-11+,14-12+. The van der Waals surface area contributed by atoms with Crippen molar-refractivity contribution in [2.75, 3.05) is 50.2 Å². The maximum atomic E-state index is 10.4. The van der Waals surface area contributed by atoms with Crippen molar-refractivity contribution in [2.45, 2.75) is 103 Å². The first-order chi connectivity index (χ1) is 24.6. The van der Waals surface area contributed by atoms with E-state index in [4.69, 9.17) is 9.47 Å². The summed E-state index contributed by atoms with van der Waals surface area (Å²) in [6.07, 6.45) is 12.4. The fourth-order valence-electron chi connectivity index (χ4n) is 9.29. The van der Waals surface area contributed by atoms with E-state index in [1.807, 2.05) is 24.3 Å². The van der Waals surface area contributed by atoms with Crippen LogP contribution in [0.25, 0.3) is 24.3 Å². The van der Waals surface area contributed by atoms with Gasteiger partial charge in [-0.2, -0.15) is 10.5 Å². The highest BCUT2D eigenvalue weighted by atomic mass is 16.5. The van der Waals surface area contributed by atoms with Crippen molar-refractivity contribution in [1.82, 2.24) is 0 Å². The van der Waals surface area contributed by atoms with Crippen molar-refractivity contribution in [1.29, 1.82) is 10.5 Å². The van der Waals surface area contributed by atoms with Crippen LogP contribution in [-0.4, -0.2) is 40.4 Å². The summed E-state index contributed by atoms with van der Waals surface area (Å²) in [5.74, 6) is 1.79. The number of benzene rings is 3. The molecule has 0 spiro atoms. The third-order valence-electron chi connectivity index (χ3n) is 12.8. The average molecular weight is 695 g/mol. The molecular formula is C46H54N4O2. The maximum Gasteiger partial charge on any atom is 0.131 e. The van der Waals surface area contributed by atoms with Crippen LogP contribution in [0.15, 0.2) is 24.3 Å². The Bertz CT molecular complexity index is 1960. The SMILES string of the molecule is COc1c(/C=C/c2cc(C#N)c(/C=C/c3cc4c5c(c3OC)C(C)(C)CCN5CCC4(C)C)cc2C#N)cc2c3c1C(C)(C)CCN3CCC2(C)C. The fraction of sp³-hybridized carbons (Fsp3) is 0.478. The number of ether oxygens (including phenoxy) is 2. The fourth-order valence-corrected chi connectivity index (χ4v) is 9.29. The van der Waals surface area contributed by atoms with Gasteiger partial charge in [-0.05, 0) is 93.9 Å². The summed E-state index contributed by atoms with van der Waals surface area (Å²) in [5.41, 5.74) is 12.4. The highest BCUT2D eigenvalue weighted by Crippen LogP contribution is 2.55. The number of rotatable bonds is 6. The largest absolute Gasteiger partial charge is 0.496 e. The molecule has 0 N–H and O–H groups in total. The quantitative estimate of drug-likeness (QED) is 0.239. The van der Waals surface area contributed by atoms with Crippen molar-refractivity contribution >= 4 is 35.7 Å². The lowest BCUT2D eigenvalue weighted by Crippen LogP contribution is -2.45. The van der Waals surface area contributed by atoms with Crippen molar-refractivity contribution in [2.24, 2.45) is 0 Å². The molecule has 0 atom stereocenters. The molecule has 6 heteroatoms. The Morgan fingerprint density at radius 2 is 0.846 bits per heavy atom. The summed E-state index contributed by atoms with van der Waals surface area (Å²) in [5, 5.41) is 20.8. The number of hydrogen-bond acceptors (Lipinski definition) is 6. The molecule has 7 rings (SSSR count). The lowest BCUT2D eigenvalue weighted by atomic mass is 9.68. The van der Waals surface area contributed by atoms with E-state index in [9.17, 15) is 10.5 Å². The normalized spacial score (nSPS) is 20.2. The first-order valence-corrected chi connectivity index (χ1v) is 18.9. The van der Waals surface area contributed by atoms with Gasteiger partial charge in [-0.3, -0.25) is 0 Å². The van der Waals surface area contributed by atoms with Gasteiger partial charge in [-0.25, -0.2) is 0 Å². The molecule has 3 aromatic rings. The zero-order valence-electron chi connectivity index (χ0n) is 32.9. The molecule has 0 unspecified atom stereocenters. The van der Waals surface area contributed by atoms with E-state index < -0.39 is 0 Å². The van der Waals surface area contributed by atoms with Crippen molar-refractivity contribution in [3.05, 3.63) is 79.9 Å². The number of methoxy groups -OCH3 is 2. The van der Waals surface area contributed by atoms with E-state index in [2.05, 4.69) is 102 Å². The lowest BCUT2D eigenvalue weighted by molar-refractivity contribution is 0.362. The van der Waals surface area contributed by atoms with Gasteiger partial charge in [0.1, 0.15) is 11.5 Å². The Labute approximate surface area is 311 Å². The molecule has 4 aliphatic heterocycles. The van der Waals surface area contributed by atoms with Crippen LogP contribution in [0.4, 0.5) is 11.4 Å². The second-order valence-corrected chi connectivity index (χ2v) is 18.0. The predicted octanol–water partition coefficient (Wildman–Crippen LogP) is 10.1. The highest BCUT2D eigenvalue weighted by molar-refractivity contribution is 5.85. The van der Waals surface area contributed by atoms with Crippen LogP contribution < -0.4 is 19.3 Å². The summed E-state index contributed by atoms with van der Waals surface area (Å²) in [6.45, 7) is 22.9. The summed E-state index contributed by atoms with van der Waals surface area (Å²) in [6, 6.07) is 13.1. The molecule has 4 heterocycles. The van der Waals surface area contributed by atoms with Gasteiger partial charge in [0.25, 0.3) is 0 Å². The Morgan fingerprint density at radius 1 is 0.519 bits per heavy atom. The second kappa shape index (κ2) is 12.5. The minimum Gasteiger partial charge on any atom is -0.496 e.